The minimum atomic E-state index is -1.87. The fraction of sp³-hybridized carbons (Fsp3) is 0.500. The minimum absolute atomic E-state index is 0.458. The Bertz CT molecular complexity index is 99.4. The molecule has 0 aliphatic rings. The predicted octanol–water partition coefficient (Wildman–Crippen LogP) is 2.72. The molecular formula is C6H8F3. The molecule has 0 aromatic carbocycles. The number of rotatable bonds is 2. The van der Waals surface area contributed by atoms with Gasteiger partial charge in [-0.15, -0.1) is 0 Å². The molecule has 0 amide bonds. The highest BCUT2D eigenvalue weighted by atomic mass is 19.3. The first-order valence-corrected chi connectivity index (χ1v) is 2.48. The summed E-state index contributed by atoms with van der Waals surface area (Å²) in [5.74, 6) is 0. The van der Waals surface area contributed by atoms with Gasteiger partial charge in [0, 0.05) is 0 Å². The van der Waals surface area contributed by atoms with Crippen LogP contribution in [0.15, 0.2) is 12.2 Å². The molecule has 3 heteroatoms. The average Bonchev–Trinajstić information content (AvgIpc) is 1.59. The summed E-state index contributed by atoms with van der Waals surface area (Å²) in [5, 5.41) is 0. The highest BCUT2D eigenvalue weighted by Crippen LogP contribution is 2.13. The summed E-state index contributed by atoms with van der Waals surface area (Å²) >= 11 is 0. The summed E-state index contributed by atoms with van der Waals surface area (Å²) in [4.78, 5) is 0. The van der Waals surface area contributed by atoms with E-state index in [4.69, 9.17) is 0 Å². The summed E-state index contributed by atoms with van der Waals surface area (Å²) in [6.07, 6.45) is -0.608. The Kier molecular flexibility index (Phi) is 2.74. The molecule has 0 saturated heterocycles. The molecule has 0 unspecified atom stereocenters. The molecule has 0 aromatic rings. The SMILES string of the molecule is CC(C)(F)C=C[C](F)F. The summed E-state index contributed by atoms with van der Waals surface area (Å²) < 4.78 is 34.8. The van der Waals surface area contributed by atoms with Crippen LogP contribution in [0.1, 0.15) is 13.8 Å². The fourth-order valence-electron chi connectivity index (χ4n) is 0.261. The normalized spacial score (nSPS) is 13.6. The van der Waals surface area contributed by atoms with Gasteiger partial charge in [-0.25, -0.2) is 4.39 Å². The fourth-order valence-corrected chi connectivity index (χ4v) is 0.261. The summed E-state index contributed by atoms with van der Waals surface area (Å²) in [6, 6.07) is 0. The third kappa shape index (κ3) is 7.53. The van der Waals surface area contributed by atoms with E-state index in [1.807, 2.05) is 0 Å². The van der Waals surface area contributed by atoms with Gasteiger partial charge < -0.3 is 0 Å². The van der Waals surface area contributed by atoms with E-state index >= 15 is 0 Å². The molecule has 0 N–H and O–H groups in total. The zero-order valence-electron chi connectivity index (χ0n) is 5.29. The van der Waals surface area contributed by atoms with E-state index in [2.05, 4.69) is 0 Å². The molecule has 1 radical (unpaired) electrons. The van der Waals surface area contributed by atoms with Crippen molar-refractivity contribution in [1.29, 1.82) is 0 Å². The van der Waals surface area contributed by atoms with E-state index < -0.39 is 12.1 Å². The van der Waals surface area contributed by atoms with Gasteiger partial charge in [-0.1, -0.05) is 0 Å². The van der Waals surface area contributed by atoms with E-state index in [0.717, 1.165) is 6.08 Å². The maximum Gasteiger partial charge on any atom is 0.332 e. The Balaban J connectivity index is 3.71. The van der Waals surface area contributed by atoms with Gasteiger partial charge in [0.2, 0.25) is 0 Å². The molecule has 0 nitrogen and oxygen atoms in total. The Hall–Kier alpha value is -0.470. The second kappa shape index (κ2) is 2.90. The van der Waals surface area contributed by atoms with Crippen LogP contribution >= 0.6 is 0 Å². The Morgan fingerprint density at radius 3 is 1.89 bits per heavy atom. The molecule has 0 aromatic heterocycles. The van der Waals surface area contributed by atoms with Crippen LogP contribution in [0.25, 0.3) is 0 Å². The predicted molar refractivity (Wildman–Crippen MR) is 29.8 cm³/mol. The summed E-state index contributed by atoms with van der Waals surface area (Å²) in [7, 11) is 0. The standard InChI is InChI=1S/C6H8F3/c1-6(2,9)4-3-5(7)8/h3-4H,1-2H3. The van der Waals surface area contributed by atoms with Gasteiger partial charge in [0.05, 0.1) is 0 Å². The number of hydrogen-bond donors (Lipinski definition) is 0. The van der Waals surface area contributed by atoms with Crippen LogP contribution in [0, 0.1) is 6.43 Å². The van der Waals surface area contributed by atoms with Crippen molar-refractivity contribution in [3.05, 3.63) is 18.6 Å². The first kappa shape index (κ1) is 8.53. The van der Waals surface area contributed by atoms with Gasteiger partial charge >= 0.3 is 6.43 Å². The molecule has 0 atom stereocenters. The zero-order chi connectivity index (χ0) is 7.49. The molecule has 0 aliphatic heterocycles. The molecule has 9 heavy (non-hydrogen) atoms. The maximum absolute atomic E-state index is 12.3. The Labute approximate surface area is 52.4 Å². The number of hydrogen-bond acceptors (Lipinski definition) is 0. The van der Waals surface area contributed by atoms with E-state index in [1.54, 1.807) is 0 Å². The van der Waals surface area contributed by atoms with Crippen molar-refractivity contribution in [3.8, 4) is 0 Å². The molecule has 0 heterocycles. The first-order chi connectivity index (χ1) is 3.92. The highest BCUT2D eigenvalue weighted by molar-refractivity contribution is 5.02. The highest BCUT2D eigenvalue weighted by Gasteiger charge is 2.10. The van der Waals surface area contributed by atoms with Crippen molar-refractivity contribution < 1.29 is 13.2 Å². The third-order valence-corrected chi connectivity index (χ3v) is 0.606. The molecule has 0 saturated carbocycles. The summed E-state index contributed by atoms with van der Waals surface area (Å²) in [6.45, 7) is 2.40. The van der Waals surface area contributed by atoms with Gasteiger partial charge in [-0.3, -0.25) is 0 Å². The van der Waals surface area contributed by atoms with Crippen molar-refractivity contribution in [3.63, 3.8) is 0 Å². The molecule has 0 aliphatic carbocycles. The van der Waals surface area contributed by atoms with Gasteiger partial charge in [0.15, 0.2) is 0 Å². The topological polar surface area (TPSA) is 0 Å². The molecular weight excluding hydrogens is 129 g/mol. The van der Waals surface area contributed by atoms with Gasteiger partial charge in [-0.05, 0) is 26.0 Å². The second-order valence-electron chi connectivity index (χ2n) is 2.19. The first-order valence-electron chi connectivity index (χ1n) is 2.48. The zero-order valence-corrected chi connectivity index (χ0v) is 5.29. The third-order valence-electron chi connectivity index (χ3n) is 0.606. The van der Waals surface area contributed by atoms with Crippen molar-refractivity contribution >= 4 is 0 Å². The lowest BCUT2D eigenvalue weighted by molar-refractivity contribution is 0.280. The Morgan fingerprint density at radius 2 is 1.78 bits per heavy atom. The van der Waals surface area contributed by atoms with Crippen LogP contribution in [-0.2, 0) is 0 Å². The van der Waals surface area contributed by atoms with E-state index in [9.17, 15) is 13.2 Å². The van der Waals surface area contributed by atoms with E-state index in [0.29, 0.717) is 6.08 Å². The largest absolute Gasteiger partial charge is 0.332 e. The van der Waals surface area contributed by atoms with Crippen LogP contribution in [0.2, 0.25) is 0 Å². The van der Waals surface area contributed by atoms with Gasteiger partial charge in [0.1, 0.15) is 5.67 Å². The quantitative estimate of drug-likeness (QED) is 0.549. The minimum Gasteiger partial charge on any atom is -0.240 e. The molecule has 0 fully saturated rings. The van der Waals surface area contributed by atoms with E-state index in [-0.39, 0.29) is 0 Å². The lowest BCUT2D eigenvalue weighted by atomic mass is 10.1. The van der Waals surface area contributed by atoms with Crippen LogP contribution in [0.5, 0.6) is 0 Å². The molecule has 0 bridgehead atoms. The van der Waals surface area contributed by atoms with Crippen molar-refractivity contribution in [2.75, 3.05) is 0 Å². The number of allylic oxidation sites excluding steroid dienone is 2. The molecule has 0 spiro atoms. The van der Waals surface area contributed by atoms with Crippen LogP contribution < -0.4 is 0 Å². The maximum atomic E-state index is 12.3. The smallest absolute Gasteiger partial charge is 0.240 e. The van der Waals surface area contributed by atoms with Crippen molar-refractivity contribution in [2.24, 2.45) is 0 Å². The Morgan fingerprint density at radius 1 is 1.33 bits per heavy atom. The van der Waals surface area contributed by atoms with Crippen molar-refractivity contribution in [1.82, 2.24) is 0 Å². The van der Waals surface area contributed by atoms with Crippen LogP contribution in [0.3, 0.4) is 0 Å². The number of halogens is 3. The van der Waals surface area contributed by atoms with Gasteiger partial charge in [0.25, 0.3) is 0 Å². The number of alkyl halides is 1. The van der Waals surface area contributed by atoms with Gasteiger partial charge in [-0.2, -0.15) is 8.78 Å². The molecule has 53 valence electrons. The van der Waals surface area contributed by atoms with E-state index in [1.165, 1.54) is 13.8 Å². The monoisotopic (exact) mass is 137 g/mol. The van der Waals surface area contributed by atoms with Crippen LogP contribution in [-0.4, -0.2) is 5.67 Å². The second-order valence-corrected chi connectivity index (χ2v) is 2.19. The lowest BCUT2D eigenvalue weighted by Crippen LogP contribution is -2.05. The van der Waals surface area contributed by atoms with Crippen molar-refractivity contribution in [2.45, 2.75) is 19.5 Å². The summed E-state index contributed by atoms with van der Waals surface area (Å²) in [5.41, 5.74) is -1.65. The lowest BCUT2D eigenvalue weighted by Gasteiger charge is -2.04. The molecule has 0 rings (SSSR count). The van der Waals surface area contributed by atoms with Crippen LogP contribution in [0.4, 0.5) is 13.2 Å². The average molecular weight is 137 g/mol.